The van der Waals surface area contributed by atoms with Gasteiger partial charge in [-0.2, -0.15) is 5.10 Å². The highest BCUT2D eigenvalue weighted by atomic mass is 15.3. The van der Waals surface area contributed by atoms with Crippen molar-refractivity contribution in [3.63, 3.8) is 0 Å². The normalized spacial score (nSPS) is 25.8. The summed E-state index contributed by atoms with van der Waals surface area (Å²) in [4.78, 5) is 7.10. The summed E-state index contributed by atoms with van der Waals surface area (Å²) in [6.45, 7) is 7.72. The summed E-state index contributed by atoms with van der Waals surface area (Å²) >= 11 is 0. The Kier molecular flexibility index (Phi) is 3.10. The highest BCUT2D eigenvalue weighted by Crippen LogP contribution is 2.30. The maximum Gasteiger partial charge on any atom is 0.154 e. The molecule has 21 heavy (non-hydrogen) atoms. The molecule has 0 aliphatic carbocycles. The van der Waals surface area contributed by atoms with Crippen LogP contribution in [0.4, 0.5) is 5.82 Å². The van der Waals surface area contributed by atoms with E-state index in [2.05, 4.69) is 40.2 Å². The average molecular weight is 285 g/mol. The zero-order valence-corrected chi connectivity index (χ0v) is 12.8. The second kappa shape index (κ2) is 4.98. The lowest BCUT2D eigenvalue weighted by molar-refractivity contribution is 0.340. The topological polar surface area (TPSA) is 45.5 Å². The number of nitrogens with one attached hydrogen (secondary N) is 1. The first-order valence-electron chi connectivity index (χ1n) is 8.05. The largest absolute Gasteiger partial charge is 0.353 e. The molecule has 2 unspecified atom stereocenters. The molecule has 5 heteroatoms. The number of rotatable bonds is 2. The maximum absolute atomic E-state index is 4.67. The molecule has 0 saturated carbocycles. The molecule has 0 bridgehead atoms. The van der Waals surface area contributed by atoms with Gasteiger partial charge in [-0.15, -0.1) is 0 Å². The Morgan fingerprint density at radius 1 is 1.33 bits per heavy atom. The van der Waals surface area contributed by atoms with Crippen molar-refractivity contribution in [3.8, 4) is 0 Å². The third-order valence-corrected chi connectivity index (χ3v) is 4.88. The Labute approximate surface area is 125 Å². The Bertz CT molecular complexity index is 633. The van der Waals surface area contributed by atoms with E-state index in [4.69, 9.17) is 0 Å². The van der Waals surface area contributed by atoms with Crippen LogP contribution < -0.4 is 10.2 Å². The summed E-state index contributed by atoms with van der Waals surface area (Å²) in [6.07, 6.45) is 6.46. The monoisotopic (exact) mass is 285 g/mol. The van der Waals surface area contributed by atoms with Crippen LogP contribution in [0.2, 0.25) is 0 Å². The second-order valence-corrected chi connectivity index (χ2v) is 6.67. The highest BCUT2D eigenvalue weighted by molar-refractivity contribution is 5.69. The molecule has 2 atom stereocenters. The molecule has 0 aromatic carbocycles. The van der Waals surface area contributed by atoms with Crippen LogP contribution in [0.25, 0.3) is 5.52 Å². The van der Waals surface area contributed by atoms with E-state index in [1.54, 1.807) is 0 Å². The molecule has 2 saturated heterocycles. The summed E-state index contributed by atoms with van der Waals surface area (Å²) in [7, 11) is 0. The molecule has 0 amide bonds. The molecule has 5 nitrogen and oxygen atoms in total. The molecule has 0 spiro atoms. The van der Waals surface area contributed by atoms with Crippen LogP contribution in [0, 0.1) is 5.92 Å². The van der Waals surface area contributed by atoms with E-state index in [1.807, 2.05) is 16.9 Å². The SMILES string of the molecule is CC(C)c1cc2c(N3CC4CCCNC4C3)nccn2n1. The molecule has 2 fully saturated rings. The standard InChI is InChI=1S/C16H23N5/c1-11(2)13-8-15-16(18-6-7-21(15)19-13)20-9-12-4-3-5-17-14(12)10-20/h6-8,11-12,14,17H,3-5,9-10H2,1-2H3. The Balaban J connectivity index is 1.70. The van der Waals surface area contributed by atoms with Gasteiger partial charge in [-0.05, 0) is 37.3 Å². The lowest BCUT2D eigenvalue weighted by Gasteiger charge is -2.24. The number of hydrogen-bond donors (Lipinski definition) is 1. The van der Waals surface area contributed by atoms with Gasteiger partial charge >= 0.3 is 0 Å². The van der Waals surface area contributed by atoms with Gasteiger partial charge in [0.2, 0.25) is 0 Å². The molecular formula is C16H23N5. The highest BCUT2D eigenvalue weighted by Gasteiger charge is 2.35. The molecule has 4 heterocycles. The van der Waals surface area contributed by atoms with Crippen molar-refractivity contribution < 1.29 is 0 Å². The lowest BCUT2D eigenvalue weighted by Crippen LogP contribution is -2.40. The van der Waals surface area contributed by atoms with Crippen molar-refractivity contribution >= 4 is 11.3 Å². The number of fused-ring (bicyclic) bond motifs is 2. The Morgan fingerprint density at radius 3 is 3.05 bits per heavy atom. The summed E-state index contributed by atoms with van der Waals surface area (Å²) in [6, 6.07) is 2.83. The predicted octanol–water partition coefficient (Wildman–Crippen LogP) is 2.04. The van der Waals surface area contributed by atoms with Gasteiger partial charge in [0.05, 0.1) is 5.69 Å². The quantitative estimate of drug-likeness (QED) is 0.917. The number of anilines is 1. The van der Waals surface area contributed by atoms with E-state index in [0.717, 1.165) is 42.6 Å². The lowest BCUT2D eigenvalue weighted by atomic mass is 9.94. The zero-order valence-electron chi connectivity index (χ0n) is 12.8. The third kappa shape index (κ3) is 2.20. The van der Waals surface area contributed by atoms with Crippen molar-refractivity contribution in [2.45, 2.75) is 38.6 Å². The maximum atomic E-state index is 4.67. The van der Waals surface area contributed by atoms with E-state index in [0.29, 0.717) is 12.0 Å². The van der Waals surface area contributed by atoms with Gasteiger partial charge in [0.1, 0.15) is 5.52 Å². The first-order chi connectivity index (χ1) is 10.2. The molecule has 4 rings (SSSR count). The van der Waals surface area contributed by atoms with Gasteiger partial charge in [0.25, 0.3) is 0 Å². The van der Waals surface area contributed by atoms with E-state index in [9.17, 15) is 0 Å². The van der Waals surface area contributed by atoms with Crippen molar-refractivity contribution in [2.24, 2.45) is 5.92 Å². The van der Waals surface area contributed by atoms with Crippen LogP contribution in [-0.2, 0) is 0 Å². The van der Waals surface area contributed by atoms with Crippen LogP contribution >= 0.6 is 0 Å². The number of aromatic nitrogens is 3. The minimum atomic E-state index is 0.445. The minimum absolute atomic E-state index is 0.445. The van der Waals surface area contributed by atoms with Gasteiger partial charge in [-0.3, -0.25) is 0 Å². The fourth-order valence-corrected chi connectivity index (χ4v) is 3.67. The number of nitrogens with zero attached hydrogens (tertiary/aromatic N) is 4. The molecule has 2 aromatic heterocycles. The fraction of sp³-hybridized carbons (Fsp3) is 0.625. The Hall–Kier alpha value is -1.62. The van der Waals surface area contributed by atoms with Crippen LogP contribution in [0.5, 0.6) is 0 Å². The first-order valence-corrected chi connectivity index (χ1v) is 8.05. The van der Waals surface area contributed by atoms with Crippen LogP contribution in [0.1, 0.15) is 38.3 Å². The van der Waals surface area contributed by atoms with Crippen molar-refractivity contribution in [2.75, 3.05) is 24.5 Å². The molecule has 2 aliphatic heterocycles. The van der Waals surface area contributed by atoms with Crippen LogP contribution in [-0.4, -0.2) is 40.3 Å². The van der Waals surface area contributed by atoms with Gasteiger partial charge in [0.15, 0.2) is 5.82 Å². The predicted molar refractivity (Wildman–Crippen MR) is 83.8 cm³/mol. The van der Waals surface area contributed by atoms with E-state index in [1.165, 1.54) is 12.8 Å². The summed E-state index contributed by atoms with van der Waals surface area (Å²) in [5.41, 5.74) is 2.28. The van der Waals surface area contributed by atoms with Crippen LogP contribution in [0.15, 0.2) is 18.5 Å². The molecule has 2 aromatic rings. The first kappa shape index (κ1) is 13.1. The number of piperidine rings is 1. The molecule has 2 aliphatic rings. The molecule has 0 radical (unpaired) electrons. The van der Waals surface area contributed by atoms with Gasteiger partial charge in [-0.25, -0.2) is 9.50 Å². The van der Waals surface area contributed by atoms with E-state index >= 15 is 0 Å². The Morgan fingerprint density at radius 2 is 2.24 bits per heavy atom. The van der Waals surface area contributed by atoms with E-state index < -0.39 is 0 Å². The summed E-state index contributed by atoms with van der Waals surface area (Å²) < 4.78 is 1.98. The summed E-state index contributed by atoms with van der Waals surface area (Å²) in [5.74, 6) is 2.31. The fourth-order valence-electron chi connectivity index (χ4n) is 3.67. The van der Waals surface area contributed by atoms with Crippen molar-refractivity contribution in [1.82, 2.24) is 19.9 Å². The van der Waals surface area contributed by atoms with Crippen molar-refractivity contribution in [3.05, 3.63) is 24.2 Å². The van der Waals surface area contributed by atoms with Gasteiger partial charge in [-0.1, -0.05) is 13.8 Å². The minimum Gasteiger partial charge on any atom is -0.353 e. The smallest absolute Gasteiger partial charge is 0.154 e. The van der Waals surface area contributed by atoms with Gasteiger partial charge < -0.3 is 10.2 Å². The molecule has 112 valence electrons. The zero-order chi connectivity index (χ0) is 14.4. The second-order valence-electron chi connectivity index (χ2n) is 6.67. The molecule has 1 N–H and O–H groups in total. The van der Waals surface area contributed by atoms with E-state index in [-0.39, 0.29) is 0 Å². The molecular weight excluding hydrogens is 262 g/mol. The van der Waals surface area contributed by atoms with Crippen molar-refractivity contribution in [1.29, 1.82) is 0 Å². The third-order valence-electron chi connectivity index (χ3n) is 4.88. The van der Waals surface area contributed by atoms with Crippen LogP contribution in [0.3, 0.4) is 0 Å². The summed E-state index contributed by atoms with van der Waals surface area (Å²) in [5, 5.41) is 8.33. The number of hydrogen-bond acceptors (Lipinski definition) is 4. The van der Waals surface area contributed by atoms with Gasteiger partial charge in [0, 0.05) is 31.5 Å². The average Bonchev–Trinajstić information content (AvgIpc) is 3.10.